The summed E-state index contributed by atoms with van der Waals surface area (Å²) in [6, 6.07) is 0. The third-order valence-corrected chi connectivity index (χ3v) is 7.45. The monoisotopic (exact) mass is 650 g/mol. The van der Waals surface area contributed by atoms with Crippen molar-refractivity contribution in [2.24, 2.45) is 0 Å². The van der Waals surface area contributed by atoms with E-state index in [4.69, 9.17) is 18.9 Å². The molecule has 6 unspecified atom stereocenters. The first kappa shape index (κ1) is 41.9. The SMILES string of the molecule is CC/C=C\C/C=C\C/C=C\C/C=C\C/C=C\CCCCCCOCC(COC1OC(CO)C(O)C(O)C1O)OC(=O)CCCCC. The van der Waals surface area contributed by atoms with Gasteiger partial charge in [-0.15, -0.1) is 0 Å². The molecule has 9 nitrogen and oxygen atoms in total. The Hall–Kier alpha value is -2.11. The van der Waals surface area contributed by atoms with Crippen LogP contribution in [0.2, 0.25) is 0 Å². The first-order valence-electron chi connectivity index (χ1n) is 17.4. The van der Waals surface area contributed by atoms with E-state index in [0.29, 0.717) is 13.0 Å². The molecule has 1 heterocycles. The fraction of sp³-hybridized carbons (Fsp3) is 0.703. The number of aliphatic hydroxyl groups is 4. The standard InChI is InChI=1S/C37H62O9/c1-3-5-7-8-9-10-11-12-13-14-15-16-17-18-19-20-21-22-23-25-27-43-29-31(45-33(39)26-24-6-4-2)30-44-37-36(42)35(41)34(40)32(28-38)46-37/h5,7,9-10,12-13,15-16,18-19,31-32,34-38,40-42H,3-4,6,8,11,14,17,20-30H2,1-2H3/b7-5-,10-9-,13-12-,16-15-,19-18-. The van der Waals surface area contributed by atoms with Gasteiger partial charge in [-0.3, -0.25) is 4.79 Å². The van der Waals surface area contributed by atoms with Crippen LogP contribution in [0.1, 0.15) is 104 Å². The van der Waals surface area contributed by atoms with Crippen LogP contribution in [0.4, 0.5) is 0 Å². The maximum atomic E-state index is 12.3. The van der Waals surface area contributed by atoms with Crippen LogP contribution in [-0.2, 0) is 23.7 Å². The van der Waals surface area contributed by atoms with Gasteiger partial charge < -0.3 is 39.4 Å². The summed E-state index contributed by atoms with van der Waals surface area (Å²) in [6.07, 6.45) is 27.6. The second-order valence-corrected chi connectivity index (χ2v) is 11.6. The number of esters is 1. The van der Waals surface area contributed by atoms with E-state index in [1.54, 1.807) is 0 Å². The van der Waals surface area contributed by atoms with Crippen LogP contribution in [0, 0.1) is 0 Å². The lowest BCUT2D eigenvalue weighted by Gasteiger charge is -2.39. The number of aliphatic hydroxyl groups excluding tert-OH is 4. The van der Waals surface area contributed by atoms with Crippen molar-refractivity contribution in [3.05, 3.63) is 60.8 Å². The average Bonchev–Trinajstić information content (AvgIpc) is 3.05. The lowest BCUT2D eigenvalue weighted by molar-refractivity contribution is -0.305. The van der Waals surface area contributed by atoms with E-state index < -0.39 is 43.4 Å². The summed E-state index contributed by atoms with van der Waals surface area (Å²) < 4.78 is 22.3. The third kappa shape index (κ3) is 20.9. The molecule has 9 heteroatoms. The first-order chi connectivity index (χ1) is 22.4. The number of unbranched alkanes of at least 4 members (excludes halogenated alkanes) is 6. The molecule has 6 atom stereocenters. The second-order valence-electron chi connectivity index (χ2n) is 11.6. The molecule has 264 valence electrons. The Morgan fingerprint density at radius 1 is 0.717 bits per heavy atom. The van der Waals surface area contributed by atoms with Crippen molar-refractivity contribution in [2.45, 2.75) is 141 Å². The Balaban J connectivity index is 2.23. The minimum Gasteiger partial charge on any atom is -0.457 e. The van der Waals surface area contributed by atoms with E-state index in [9.17, 15) is 25.2 Å². The molecule has 0 aromatic heterocycles. The van der Waals surface area contributed by atoms with Gasteiger partial charge in [-0.2, -0.15) is 0 Å². The Bertz CT molecular complexity index is 880. The number of allylic oxidation sites excluding steroid dienone is 10. The maximum absolute atomic E-state index is 12.3. The average molecular weight is 651 g/mol. The van der Waals surface area contributed by atoms with Crippen LogP contribution < -0.4 is 0 Å². The first-order valence-corrected chi connectivity index (χ1v) is 17.4. The minimum absolute atomic E-state index is 0.122. The second kappa shape index (κ2) is 29.1. The number of carbonyl (C=O) groups is 1. The molecule has 0 spiro atoms. The zero-order valence-corrected chi connectivity index (χ0v) is 28.3. The molecule has 1 saturated heterocycles. The fourth-order valence-electron chi connectivity index (χ4n) is 4.69. The summed E-state index contributed by atoms with van der Waals surface area (Å²) in [5, 5.41) is 39.6. The Kier molecular flexibility index (Phi) is 26.5. The highest BCUT2D eigenvalue weighted by Gasteiger charge is 2.44. The van der Waals surface area contributed by atoms with Gasteiger partial charge in [0.1, 0.15) is 30.5 Å². The smallest absolute Gasteiger partial charge is 0.306 e. The molecule has 0 bridgehead atoms. The molecule has 1 rings (SSSR count). The molecular formula is C37H62O9. The van der Waals surface area contributed by atoms with Gasteiger partial charge in [-0.05, 0) is 57.8 Å². The van der Waals surface area contributed by atoms with Crippen molar-refractivity contribution < 1.29 is 44.2 Å². The predicted octanol–water partition coefficient (Wildman–Crippen LogP) is 6.01. The summed E-state index contributed by atoms with van der Waals surface area (Å²) in [6.45, 7) is 4.16. The molecule has 0 aromatic rings. The number of carbonyl (C=O) groups excluding carboxylic acids is 1. The molecule has 1 aliphatic rings. The van der Waals surface area contributed by atoms with E-state index in [1.807, 2.05) is 0 Å². The van der Waals surface area contributed by atoms with Crippen LogP contribution >= 0.6 is 0 Å². The van der Waals surface area contributed by atoms with Crippen LogP contribution in [0.5, 0.6) is 0 Å². The summed E-state index contributed by atoms with van der Waals surface area (Å²) in [4.78, 5) is 12.3. The zero-order chi connectivity index (χ0) is 33.7. The fourth-order valence-corrected chi connectivity index (χ4v) is 4.69. The molecule has 1 aliphatic heterocycles. The van der Waals surface area contributed by atoms with E-state index in [2.05, 4.69) is 74.6 Å². The third-order valence-electron chi connectivity index (χ3n) is 7.45. The highest BCUT2D eigenvalue weighted by atomic mass is 16.7. The van der Waals surface area contributed by atoms with Gasteiger partial charge >= 0.3 is 5.97 Å². The topological polar surface area (TPSA) is 135 Å². The van der Waals surface area contributed by atoms with Gasteiger partial charge in [0.25, 0.3) is 0 Å². The lowest BCUT2D eigenvalue weighted by Crippen LogP contribution is -2.59. The van der Waals surface area contributed by atoms with Crippen molar-refractivity contribution in [3.8, 4) is 0 Å². The highest BCUT2D eigenvalue weighted by molar-refractivity contribution is 5.69. The summed E-state index contributed by atoms with van der Waals surface area (Å²) in [5.74, 6) is -0.352. The summed E-state index contributed by atoms with van der Waals surface area (Å²) in [7, 11) is 0. The lowest BCUT2D eigenvalue weighted by atomic mass is 9.99. The van der Waals surface area contributed by atoms with Crippen molar-refractivity contribution in [1.82, 2.24) is 0 Å². The van der Waals surface area contributed by atoms with Gasteiger partial charge in [-0.25, -0.2) is 0 Å². The summed E-state index contributed by atoms with van der Waals surface area (Å²) >= 11 is 0. The zero-order valence-electron chi connectivity index (χ0n) is 28.3. The Labute approximate surface area is 277 Å². The predicted molar refractivity (Wildman–Crippen MR) is 182 cm³/mol. The molecule has 0 radical (unpaired) electrons. The van der Waals surface area contributed by atoms with Crippen molar-refractivity contribution in [3.63, 3.8) is 0 Å². The Morgan fingerprint density at radius 3 is 1.93 bits per heavy atom. The van der Waals surface area contributed by atoms with E-state index in [-0.39, 0.29) is 19.2 Å². The maximum Gasteiger partial charge on any atom is 0.306 e. The van der Waals surface area contributed by atoms with E-state index >= 15 is 0 Å². The number of ether oxygens (including phenoxy) is 4. The van der Waals surface area contributed by atoms with Crippen molar-refractivity contribution in [1.29, 1.82) is 0 Å². The van der Waals surface area contributed by atoms with Gasteiger partial charge in [0, 0.05) is 13.0 Å². The number of hydrogen-bond acceptors (Lipinski definition) is 9. The van der Waals surface area contributed by atoms with Gasteiger partial charge in [-0.1, -0.05) is 100 Å². The van der Waals surface area contributed by atoms with E-state index in [0.717, 1.165) is 83.5 Å². The molecule has 0 aliphatic carbocycles. The van der Waals surface area contributed by atoms with Gasteiger partial charge in [0.2, 0.25) is 0 Å². The van der Waals surface area contributed by atoms with Crippen LogP contribution in [0.15, 0.2) is 60.8 Å². The molecular weight excluding hydrogens is 588 g/mol. The van der Waals surface area contributed by atoms with E-state index in [1.165, 1.54) is 0 Å². The highest BCUT2D eigenvalue weighted by Crippen LogP contribution is 2.22. The number of rotatable bonds is 27. The van der Waals surface area contributed by atoms with Crippen molar-refractivity contribution in [2.75, 3.05) is 26.4 Å². The molecule has 1 fully saturated rings. The quantitative estimate of drug-likeness (QED) is 0.0479. The normalized spacial score (nSPS) is 23.1. The molecule has 4 N–H and O–H groups in total. The van der Waals surface area contributed by atoms with Crippen molar-refractivity contribution >= 4 is 5.97 Å². The molecule has 46 heavy (non-hydrogen) atoms. The van der Waals surface area contributed by atoms with Gasteiger partial charge in [0.15, 0.2) is 6.29 Å². The van der Waals surface area contributed by atoms with Crippen LogP contribution in [-0.4, -0.2) is 89.6 Å². The summed E-state index contributed by atoms with van der Waals surface area (Å²) in [5.41, 5.74) is 0. The van der Waals surface area contributed by atoms with Gasteiger partial charge in [0.05, 0.1) is 19.8 Å². The minimum atomic E-state index is -1.54. The van der Waals surface area contributed by atoms with Crippen LogP contribution in [0.3, 0.4) is 0 Å². The Morgan fingerprint density at radius 2 is 1.33 bits per heavy atom. The molecule has 0 saturated carbocycles. The number of hydrogen-bond donors (Lipinski definition) is 4. The molecule has 0 aromatic carbocycles. The van der Waals surface area contributed by atoms with Crippen LogP contribution in [0.25, 0.3) is 0 Å². The largest absolute Gasteiger partial charge is 0.457 e. The molecule has 0 amide bonds.